The van der Waals surface area contributed by atoms with Crippen molar-refractivity contribution in [2.45, 2.75) is 18.2 Å². The Hall–Kier alpha value is -2.22. The van der Waals surface area contributed by atoms with E-state index < -0.39 is 25.5 Å². The van der Waals surface area contributed by atoms with E-state index in [-0.39, 0.29) is 25.2 Å². The second kappa shape index (κ2) is 6.98. The Bertz CT molecular complexity index is 668. The third kappa shape index (κ3) is 3.66. The fourth-order valence-corrected chi connectivity index (χ4v) is 3.32. The highest BCUT2D eigenvalue weighted by Gasteiger charge is 2.30. The zero-order valence-corrected chi connectivity index (χ0v) is 12.1. The number of sulfonamides is 1. The van der Waals surface area contributed by atoms with Crippen LogP contribution in [0.15, 0.2) is 23.1 Å². The second-order valence-corrected chi connectivity index (χ2v) is 5.90. The van der Waals surface area contributed by atoms with Crippen molar-refractivity contribution in [3.05, 3.63) is 28.3 Å². The highest BCUT2D eigenvalue weighted by atomic mass is 32.2. The van der Waals surface area contributed by atoms with Crippen molar-refractivity contribution in [2.24, 2.45) is 5.84 Å². The number of anilines is 1. The van der Waals surface area contributed by atoms with Gasteiger partial charge >= 0.3 is 0 Å². The van der Waals surface area contributed by atoms with Gasteiger partial charge in [0.25, 0.3) is 5.69 Å². The molecule has 1 rings (SSSR count). The summed E-state index contributed by atoms with van der Waals surface area (Å²) in [6.07, 6.45) is 0.00328. The van der Waals surface area contributed by atoms with Gasteiger partial charge in [-0.15, -0.1) is 0 Å². The van der Waals surface area contributed by atoms with Crippen molar-refractivity contribution in [1.29, 1.82) is 5.26 Å². The molecule has 1 aromatic rings. The number of hydrazine groups is 1. The number of hydrogen-bond donors (Lipinski definition) is 2. The second-order valence-electron chi connectivity index (χ2n) is 3.99. The highest BCUT2D eigenvalue weighted by molar-refractivity contribution is 7.89. The number of nitrogens with two attached hydrogens (primary N) is 1. The SMILES string of the molecule is CCN(CCC#N)S(=O)(=O)c1ccc(NN)cc1[N+](=O)[O-]. The van der Waals surface area contributed by atoms with Crippen molar-refractivity contribution in [3.63, 3.8) is 0 Å². The molecule has 0 saturated carbocycles. The molecule has 3 N–H and O–H groups in total. The summed E-state index contributed by atoms with van der Waals surface area (Å²) in [5, 5.41) is 19.6. The van der Waals surface area contributed by atoms with Crippen molar-refractivity contribution in [1.82, 2.24) is 4.31 Å². The minimum atomic E-state index is -4.05. The normalized spacial score (nSPS) is 11.1. The molecule has 0 fully saturated rings. The van der Waals surface area contributed by atoms with E-state index in [1.165, 1.54) is 6.07 Å². The molecule has 1 aromatic carbocycles. The van der Waals surface area contributed by atoms with E-state index in [2.05, 4.69) is 5.43 Å². The molecule has 0 aliphatic carbocycles. The van der Waals surface area contributed by atoms with Gasteiger partial charge in [-0.1, -0.05) is 6.92 Å². The third-order valence-corrected chi connectivity index (χ3v) is 4.79. The lowest BCUT2D eigenvalue weighted by Crippen LogP contribution is -2.32. The van der Waals surface area contributed by atoms with Gasteiger partial charge in [0.2, 0.25) is 10.0 Å². The Morgan fingerprint density at radius 2 is 2.19 bits per heavy atom. The Labute approximate surface area is 122 Å². The van der Waals surface area contributed by atoms with Crippen molar-refractivity contribution >= 4 is 21.4 Å². The summed E-state index contributed by atoms with van der Waals surface area (Å²) in [6.45, 7) is 1.68. The van der Waals surface area contributed by atoms with E-state index in [0.29, 0.717) is 0 Å². The molecule has 21 heavy (non-hydrogen) atoms. The van der Waals surface area contributed by atoms with Crippen LogP contribution < -0.4 is 11.3 Å². The van der Waals surface area contributed by atoms with Gasteiger partial charge in [0.05, 0.1) is 16.7 Å². The number of benzene rings is 1. The van der Waals surface area contributed by atoms with Gasteiger partial charge in [0.1, 0.15) is 0 Å². The molecule has 0 saturated heterocycles. The molecule has 0 aromatic heterocycles. The summed E-state index contributed by atoms with van der Waals surface area (Å²) in [5.41, 5.74) is 1.88. The molecule has 10 heteroatoms. The average molecular weight is 313 g/mol. The molecule has 0 radical (unpaired) electrons. The summed E-state index contributed by atoms with van der Waals surface area (Å²) >= 11 is 0. The Morgan fingerprint density at radius 1 is 1.52 bits per heavy atom. The zero-order chi connectivity index (χ0) is 16.0. The molecule has 0 unspecified atom stereocenters. The number of nitro groups is 1. The lowest BCUT2D eigenvalue weighted by Gasteiger charge is -2.19. The molecular formula is C11H15N5O4S. The number of hydrogen-bond acceptors (Lipinski definition) is 7. The van der Waals surface area contributed by atoms with E-state index in [9.17, 15) is 18.5 Å². The number of nitro benzene ring substituents is 1. The molecule has 0 aliphatic heterocycles. The third-order valence-electron chi connectivity index (χ3n) is 2.77. The standard InChI is InChI=1S/C11H15N5O4S/c1-2-15(7-3-6-12)21(19,20)11-5-4-9(14-13)8-10(11)16(17)18/h4-5,8,14H,2-3,7,13H2,1H3. The number of nitriles is 1. The predicted octanol–water partition coefficient (Wildman–Crippen LogP) is 0.805. The Balaban J connectivity index is 3.36. The summed E-state index contributed by atoms with van der Waals surface area (Å²) in [4.78, 5) is 9.85. The average Bonchev–Trinajstić information content (AvgIpc) is 2.47. The van der Waals surface area contributed by atoms with E-state index in [4.69, 9.17) is 11.1 Å². The number of nitrogen functional groups attached to an aromatic ring is 1. The fraction of sp³-hybridized carbons (Fsp3) is 0.364. The maximum atomic E-state index is 12.5. The summed E-state index contributed by atoms with van der Waals surface area (Å²) in [5.74, 6) is 5.16. The van der Waals surface area contributed by atoms with E-state index in [0.717, 1.165) is 16.4 Å². The van der Waals surface area contributed by atoms with Crippen LogP contribution in [0.2, 0.25) is 0 Å². The van der Waals surface area contributed by atoms with Crippen LogP contribution >= 0.6 is 0 Å². The first-order valence-electron chi connectivity index (χ1n) is 6.00. The minimum absolute atomic E-state index is 0.00328. The summed E-state index contributed by atoms with van der Waals surface area (Å²) in [6, 6.07) is 5.35. The maximum absolute atomic E-state index is 12.5. The number of nitrogens with one attached hydrogen (secondary N) is 1. The summed E-state index contributed by atoms with van der Waals surface area (Å²) in [7, 11) is -4.05. The van der Waals surface area contributed by atoms with Crippen LogP contribution in [0, 0.1) is 21.4 Å². The van der Waals surface area contributed by atoms with Gasteiger partial charge in [-0.25, -0.2) is 8.42 Å². The van der Waals surface area contributed by atoms with Crippen molar-refractivity contribution in [3.8, 4) is 6.07 Å². The molecule has 0 aliphatic rings. The molecule has 114 valence electrons. The molecular weight excluding hydrogens is 298 g/mol. The fourth-order valence-electron chi connectivity index (χ4n) is 1.73. The van der Waals surface area contributed by atoms with Crippen molar-refractivity contribution < 1.29 is 13.3 Å². The molecule has 9 nitrogen and oxygen atoms in total. The topological polar surface area (TPSA) is 142 Å². The van der Waals surface area contributed by atoms with E-state index in [1.54, 1.807) is 6.92 Å². The Morgan fingerprint density at radius 3 is 2.67 bits per heavy atom. The van der Waals surface area contributed by atoms with Gasteiger partial charge in [0.15, 0.2) is 4.90 Å². The lowest BCUT2D eigenvalue weighted by molar-refractivity contribution is -0.387. The molecule has 0 amide bonds. The number of nitrogens with zero attached hydrogens (tertiary/aromatic N) is 3. The largest absolute Gasteiger partial charge is 0.324 e. The van der Waals surface area contributed by atoms with Crippen LogP contribution in [0.25, 0.3) is 0 Å². The maximum Gasteiger partial charge on any atom is 0.291 e. The summed E-state index contributed by atoms with van der Waals surface area (Å²) < 4.78 is 25.9. The van der Waals surface area contributed by atoms with E-state index >= 15 is 0 Å². The molecule has 0 atom stereocenters. The Kier molecular flexibility index (Phi) is 5.60. The lowest BCUT2D eigenvalue weighted by atomic mass is 10.3. The van der Waals surface area contributed by atoms with Gasteiger partial charge in [-0.05, 0) is 12.1 Å². The zero-order valence-electron chi connectivity index (χ0n) is 11.3. The van der Waals surface area contributed by atoms with Crippen molar-refractivity contribution in [2.75, 3.05) is 18.5 Å². The smallest absolute Gasteiger partial charge is 0.291 e. The van der Waals surface area contributed by atoms with Crippen LogP contribution in [0.3, 0.4) is 0 Å². The number of rotatable bonds is 7. The van der Waals surface area contributed by atoms with Gasteiger partial charge in [0, 0.05) is 25.6 Å². The minimum Gasteiger partial charge on any atom is -0.324 e. The molecule has 0 spiro atoms. The van der Waals surface area contributed by atoms with Crippen LogP contribution in [0.1, 0.15) is 13.3 Å². The highest BCUT2D eigenvalue weighted by Crippen LogP contribution is 2.29. The predicted molar refractivity (Wildman–Crippen MR) is 75.6 cm³/mol. The monoisotopic (exact) mass is 313 g/mol. The van der Waals surface area contributed by atoms with Crippen LogP contribution in [-0.4, -0.2) is 30.7 Å². The first-order chi connectivity index (χ1) is 9.88. The van der Waals surface area contributed by atoms with Crippen LogP contribution in [-0.2, 0) is 10.0 Å². The van der Waals surface area contributed by atoms with Gasteiger partial charge in [-0.3, -0.25) is 16.0 Å². The van der Waals surface area contributed by atoms with Crippen LogP contribution in [0.4, 0.5) is 11.4 Å². The van der Waals surface area contributed by atoms with Gasteiger partial charge < -0.3 is 5.43 Å². The van der Waals surface area contributed by atoms with Gasteiger partial charge in [-0.2, -0.15) is 9.57 Å². The molecule has 0 bridgehead atoms. The first-order valence-corrected chi connectivity index (χ1v) is 7.44. The van der Waals surface area contributed by atoms with E-state index in [1.807, 2.05) is 6.07 Å². The van der Waals surface area contributed by atoms with Crippen LogP contribution in [0.5, 0.6) is 0 Å². The molecule has 0 heterocycles. The first kappa shape index (κ1) is 16.8. The quantitative estimate of drug-likeness (QED) is 0.430.